The molecule has 2 aliphatic rings. The zero-order valence-electron chi connectivity index (χ0n) is 16.3. The van der Waals surface area contributed by atoms with Crippen molar-refractivity contribution in [3.63, 3.8) is 0 Å². The number of para-hydroxylation sites is 1. The average molecular weight is 417 g/mol. The Morgan fingerprint density at radius 2 is 1.73 bits per heavy atom. The van der Waals surface area contributed by atoms with E-state index in [0.717, 1.165) is 29.8 Å². The highest BCUT2D eigenvalue weighted by Crippen LogP contribution is 2.30. The van der Waals surface area contributed by atoms with E-state index in [1.165, 1.54) is 12.1 Å². The number of amides is 2. The van der Waals surface area contributed by atoms with E-state index in [-0.39, 0.29) is 17.5 Å². The van der Waals surface area contributed by atoms with Crippen LogP contribution in [0.3, 0.4) is 0 Å². The van der Waals surface area contributed by atoms with Crippen molar-refractivity contribution < 1.29 is 22.8 Å². The third kappa shape index (κ3) is 4.18. The van der Waals surface area contributed by atoms with Crippen LogP contribution in [-0.2, 0) is 17.4 Å². The number of anilines is 1. The van der Waals surface area contributed by atoms with Crippen LogP contribution in [0.15, 0.2) is 48.5 Å². The highest BCUT2D eigenvalue weighted by molar-refractivity contribution is 5.96. The molecule has 1 saturated heterocycles. The Morgan fingerprint density at radius 3 is 2.47 bits per heavy atom. The molecule has 0 radical (unpaired) electrons. The van der Waals surface area contributed by atoms with Gasteiger partial charge in [-0.2, -0.15) is 13.2 Å². The lowest BCUT2D eigenvalue weighted by Crippen LogP contribution is -2.54. The minimum atomic E-state index is -4.49. The van der Waals surface area contributed by atoms with Gasteiger partial charge in [0.25, 0.3) is 5.91 Å². The first-order valence-electron chi connectivity index (χ1n) is 9.92. The van der Waals surface area contributed by atoms with Crippen LogP contribution >= 0.6 is 0 Å². The first-order valence-corrected chi connectivity index (χ1v) is 9.92. The Bertz CT molecular complexity index is 953. The number of carbonyl (C=O) groups excluding carboxylic acids is 2. The summed E-state index contributed by atoms with van der Waals surface area (Å²) in [6.45, 7) is 1.73. The Kier molecular flexibility index (Phi) is 5.51. The fraction of sp³-hybridized carbons (Fsp3) is 0.364. The number of hydrogen-bond donors (Lipinski definition) is 1. The van der Waals surface area contributed by atoms with Gasteiger partial charge in [0.05, 0.1) is 11.6 Å². The number of aryl methyl sites for hydroxylation is 1. The zero-order valence-corrected chi connectivity index (χ0v) is 16.3. The summed E-state index contributed by atoms with van der Waals surface area (Å²) in [5.41, 5.74) is 1.14. The number of halogens is 3. The Morgan fingerprint density at radius 1 is 1.00 bits per heavy atom. The quantitative estimate of drug-likeness (QED) is 0.815. The average Bonchev–Trinajstić information content (AvgIpc) is 2.91. The predicted octanol–water partition coefficient (Wildman–Crippen LogP) is 3.42. The van der Waals surface area contributed by atoms with Crippen molar-refractivity contribution in [2.24, 2.45) is 0 Å². The van der Waals surface area contributed by atoms with Crippen LogP contribution in [0, 0.1) is 0 Å². The maximum Gasteiger partial charge on any atom is 0.416 e. The Balaban J connectivity index is 1.39. The number of nitrogens with zero attached hydrogens (tertiary/aromatic N) is 2. The molecule has 1 N–H and O–H groups in total. The summed E-state index contributed by atoms with van der Waals surface area (Å²) >= 11 is 0. The van der Waals surface area contributed by atoms with Gasteiger partial charge in [-0.1, -0.05) is 24.3 Å². The summed E-state index contributed by atoms with van der Waals surface area (Å²) in [6, 6.07) is 11.9. The second-order valence-corrected chi connectivity index (χ2v) is 7.61. The van der Waals surface area contributed by atoms with Crippen molar-refractivity contribution in [3.05, 3.63) is 65.2 Å². The lowest BCUT2D eigenvalue weighted by molar-refractivity contribution is -0.137. The topological polar surface area (TPSA) is 52.7 Å². The molecule has 0 aliphatic carbocycles. The van der Waals surface area contributed by atoms with E-state index in [4.69, 9.17) is 0 Å². The molecule has 0 spiro atoms. The fourth-order valence-corrected chi connectivity index (χ4v) is 4.10. The molecule has 5 nitrogen and oxygen atoms in total. The van der Waals surface area contributed by atoms with Gasteiger partial charge in [-0.15, -0.1) is 0 Å². The maximum atomic E-state index is 12.9. The highest BCUT2D eigenvalue weighted by atomic mass is 19.4. The molecule has 2 heterocycles. The summed E-state index contributed by atoms with van der Waals surface area (Å²) in [7, 11) is 0. The van der Waals surface area contributed by atoms with Gasteiger partial charge in [0.1, 0.15) is 0 Å². The summed E-state index contributed by atoms with van der Waals surface area (Å²) in [5, 5.41) is 2.98. The summed E-state index contributed by atoms with van der Waals surface area (Å²) < 4.78 is 38.8. The van der Waals surface area contributed by atoms with Gasteiger partial charge in [-0.05, 0) is 42.7 Å². The number of hydrogen-bond acceptors (Lipinski definition) is 3. The lowest BCUT2D eigenvalue weighted by Gasteiger charge is -2.38. The minimum Gasteiger partial charge on any atom is -0.336 e. The van der Waals surface area contributed by atoms with Gasteiger partial charge in [-0.3, -0.25) is 14.5 Å². The van der Waals surface area contributed by atoms with Gasteiger partial charge in [0.15, 0.2) is 0 Å². The summed E-state index contributed by atoms with van der Waals surface area (Å²) in [5.74, 6) is -0.476. The number of piperazine rings is 1. The van der Waals surface area contributed by atoms with Crippen molar-refractivity contribution in [2.75, 3.05) is 31.5 Å². The number of nitrogens with one attached hydrogen (secondary N) is 1. The van der Waals surface area contributed by atoms with Crippen LogP contribution in [-0.4, -0.2) is 53.8 Å². The van der Waals surface area contributed by atoms with Crippen LogP contribution in [0.4, 0.5) is 18.9 Å². The predicted molar refractivity (Wildman–Crippen MR) is 106 cm³/mol. The van der Waals surface area contributed by atoms with Crippen molar-refractivity contribution in [1.29, 1.82) is 0 Å². The van der Waals surface area contributed by atoms with Gasteiger partial charge in [0.2, 0.25) is 5.91 Å². The SMILES string of the molecule is O=C1Nc2ccccc2CCC1N1CCN(C(=O)c2cccc(C(F)(F)F)c2)CC1. The first-order chi connectivity index (χ1) is 14.3. The van der Waals surface area contributed by atoms with Crippen LogP contribution in [0.5, 0.6) is 0 Å². The Labute approximate surface area is 172 Å². The van der Waals surface area contributed by atoms with Crippen molar-refractivity contribution >= 4 is 17.5 Å². The van der Waals surface area contributed by atoms with Crippen molar-refractivity contribution in [3.8, 4) is 0 Å². The molecule has 0 saturated carbocycles. The number of alkyl halides is 3. The lowest BCUT2D eigenvalue weighted by atomic mass is 10.0. The standard InChI is InChI=1S/C22H22F3N3O2/c23-22(24,25)17-6-3-5-16(14-17)21(30)28-12-10-27(11-13-28)19-9-8-15-4-1-2-7-18(15)26-20(19)29/h1-7,14,19H,8-13H2,(H,26,29). The van der Waals surface area contributed by atoms with Crippen molar-refractivity contribution in [1.82, 2.24) is 9.80 Å². The van der Waals surface area contributed by atoms with E-state index < -0.39 is 17.6 Å². The minimum absolute atomic E-state index is 0.0286. The van der Waals surface area contributed by atoms with Gasteiger partial charge < -0.3 is 10.2 Å². The largest absolute Gasteiger partial charge is 0.416 e. The monoisotopic (exact) mass is 417 g/mol. The van der Waals surface area contributed by atoms with E-state index >= 15 is 0 Å². The first kappa shape index (κ1) is 20.4. The van der Waals surface area contributed by atoms with Crippen LogP contribution < -0.4 is 5.32 Å². The molecule has 2 aromatic carbocycles. The maximum absolute atomic E-state index is 12.9. The molecule has 1 unspecified atom stereocenters. The van der Waals surface area contributed by atoms with Crippen LogP contribution in [0.25, 0.3) is 0 Å². The molecule has 1 fully saturated rings. The normalized spacial score (nSPS) is 20.3. The molecule has 0 aromatic heterocycles. The smallest absolute Gasteiger partial charge is 0.336 e. The fourth-order valence-electron chi connectivity index (χ4n) is 4.10. The molecule has 158 valence electrons. The van der Waals surface area contributed by atoms with Gasteiger partial charge in [-0.25, -0.2) is 0 Å². The number of rotatable bonds is 2. The van der Waals surface area contributed by atoms with E-state index in [0.29, 0.717) is 32.6 Å². The molecule has 2 amide bonds. The Hall–Kier alpha value is -2.87. The number of fused-ring (bicyclic) bond motifs is 1. The third-order valence-corrected chi connectivity index (χ3v) is 5.74. The zero-order chi connectivity index (χ0) is 21.3. The van der Waals surface area contributed by atoms with Crippen molar-refractivity contribution in [2.45, 2.75) is 25.1 Å². The summed E-state index contributed by atoms with van der Waals surface area (Å²) in [4.78, 5) is 29.0. The van der Waals surface area contributed by atoms with Crippen LogP contribution in [0.1, 0.15) is 27.9 Å². The second kappa shape index (κ2) is 8.10. The van der Waals surface area contributed by atoms with Gasteiger partial charge in [0, 0.05) is 37.4 Å². The molecular weight excluding hydrogens is 395 g/mol. The van der Waals surface area contributed by atoms with Gasteiger partial charge >= 0.3 is 6.18 Å². The second-order valence-electron chi connectivity index (χ2n) is 7.61. The van der Waals surface area contributed by atoms with E-state index in [1.807, 2.05) is 24.3 Å². The third-order valence-electron chi connectivity index (χ3n) is 5.74. The molecular formula is C22H22F3N3O2. The number of benzene rings is 2. The number of carbonyl (C=O) groups is 2. The molecule has 1 atom stereocenters. The highest BCUT2D eigenvalue weighted by Gasteiger charge is 2.34. The van der Waals surface area contributed by atoms with E-state index in [9.17, 15) is 22.8 Å². The molecule has 2 aromatic rings. The van der Waals surface area contributed by atoms with E-state index in [1.54, 1.807) is 4.90 Å². The molecule has 30 heavy (non-hydrogen) atoms. The molecule has 2 aliphatic heterocycles. The molecule has 0 bridgehead atoms. The van der Waals surface area contributed by atoms with E-state index in [2.05, 4.69) is 10.2 Å². The summed E-state index contributed by atoms with van der Waals surface area (Å²) in [6.07, 6.45) is -3.02. The molecule has 4 rings (SSSR count). The van der Waals surface area contributed by atoms with Crippen LogP contribution in [0.2, 0.25) is 0 Å². The molecule has 8 heteroatoms.